The molecule has 3 saturated heterocycles. The molecule has 2 aromatic rings. The van der Waals surface area contributed by atoms with Gasteiger partial charge in [0, 0.05) is 30.9 Å². The van der Waals surface area contributed by atoms with Crippen molar-refractivity contribution in [2.75, 3.05) is 26.7 Å². The van der Waals surface area contributed by atoms with Gasteiger partial charge in [0.2, 0.25) is 0 Å². The molecule has 6 heteroatoms. The number of aryl methyl sites for hydroxylation is 1. The van der Waals surface area contributed by atoms with Crippen molar-refractivity contribution in [3.05, 3.63) is 47.3 Å². The normalized spacial score (nSPS) is 28.8. The Labute approximate surface area is 178 Å². The Bertz CT molecular complexity index is 910. The summed E-state index contributed by atoms with van der Waals surface area (Å²) < 4.78 is 5.46. The lowest BCUT2D eigenvalue weighted by Gasteiger charge is -2.57. The van der Waals surface area contributed by atoms with Gasteiger partial charge in [-0.05, 0) is 74.8 Å². The number of hydrogen-bond acceptors (Lipinski definition) is 4. The maximum atomic E-state index is 13.2. The van der Waals surface area contributed by atoms with E-state index in [1.807, 2.05) is 19.1 Å². The molecule has 0 radical (unpaired) electrons. The second-order valence-corrected chi connectivity index (χ2v) is 9.33. The molecular formula is C24H32N4O2. The van der Waals surface area contributed by atoms with E-state index in [-0.39, 0.29) is 5.91 Å². The molecule has 0 unspecified atom stereocenters. The molecule has 1 aromatic heterocycles. The predicted octanol–water partition coefficient (Wildman–Crippen LogP) is 3.28. The maximum absolute atomic E-state index is 13.2. The molecule has 0 saturated carbocycles. The minimum absolute atomic E-state index is 0.0819. The van der Waals surface area contributed by atoms with Crippen molar-refractivity contribution in [3.8, 4) is 5.75 Å². The first-order valence-electron chi connectivity index (χ1n) is 11.3. The summed E-state index contributed by atoms with van der Waals surface area (Å²) in [6, 6.07) is 11.4. The van der Waals surface area contributed by atoms with Crippen molar-refractivity contribution < 1.29 is 9.53 Å². The molecule has 4 atom stereocenters. The molecule has 160 valence electrons. The minimum Gasteiger partial charge on any atom is -0.497 e. The molecule has 1 aromatic carbocycles. The number of fused-ring (bicyclic) bond motifs is 4. The van der Waals surface area contributed by atoms with E-state index in [0.717, 1.165) is 31.0 Å². The highest BCUT2D eigenvalue weighted by atomic mass is 16.5. The summed E-state index contributed by atoms with van der Waals surface area (Å²) >= 11 is 0. The van der Waals surface area contributed by atoms with Gasteiger partial charge in [-0.25, -0.2) is 0 Å². The first-order chi connectivity index (χ1) is 14.6. The van der Waals surface area contributed by atoms with Gasteiger partial charge in [0.15, 0.2) is 0 Å². The van der Waals surface area contributed by atoms with Crippen LogP contribution >= 0.6 is 0 Å². The van der Waals surface area contributed by atoms with E-state index in [1.54, 1.807) is 7.11 Å². The van der Waals surface area contributed by atoms with E-state index in [0.29, 0.717) is 29.6 Å². The number of rotatable bonds is 4. The van der Waals surface area contributed by atoms with Crippen LogP contribution in [-0.2, 0) is 6.42 Å². The van der Waals surface area contributed by atoms with Crippen LogP contribution in [0.2, 0.25) is 0 Å². The monoisotopic (exact) mass is 408 g/mol. The van der Waals surface area contributed by atoms with Crippen molar-refractivity contribution in [2.45, 2.75) is 51.1 Å². The quantitative estimate of drug-likeness (QED) is 0.843. The van der Waals surface area contributed by atoms with Gasteiger partial charge in [-0.2, -0.15) is 5.10 Å². The molecule has 0 aliphatic carbocycles. The Kier molecular flexibility index (Phi) is 5.27. The average molecular weight is 409 g/mol. The van der Waals surface area contributed by atoms with Crippen LogP contribution in [0.25, 0.3) is 0 Å². The number of methoxy groups -OCH3 is 1. The maximum Gasteiger partial charge on any atom is 0.274 e. The number of carbonyl (C=O) groups is 1. The van der Waals surface area contributed by atoms with Gasteiger partial charge < -0.3 is 9.64 Å². The lowest BCUT2D eigenvalue weighted by atomic mass is 9.71. The topological polar surface area (TPSA) is 61.5 Å². The Balaban J connectivity index is 1.41. The van der Waals surface area contributed by atoms with Crippen LogP contribution in [0.4, 0.5) is 0 Å². The van der Waals surface area contributed by atoms with E-state index in [1.165, 1.54) is 37.8 Å². The summed E-state index contributed by atoms with van der Waals surface area (Å²) in [6.45, 7) is 4.84. The van der Waals surface area contributed by atoms with Gasteiger partial charge in [-0.3, -0.25) is 14.8 Å². The number of ether oxygens (including phenoxy) is 1. The van der Waals surface area contributed by atoms with Crippen LogP contribution in [-0.4, -0.2) is 64.7 Å². The van der Waals surface area contributed by atoms with Gasteiger partial charge in [0.1, 0.15) is 11.4 Å². The molecule has 3 aliphatic heterocycles. The molecule has 6 nitrogen and oxygen atoms in total. The molecule has 4 heterocycles. The summed E-state index contributed by atoms with van der Waals surface area (Å²) in [7, 11) is 1.73. The van der Waals surface area contributed by atoms with Crippen molar-refractivity contribution in [2.24, 2.45) is 11.8 Å². The average Bonchev–Trinajstić information content (AvgIpc) is 3.22. The highest BCUT2D eigenvalue weighted by molar-refractivity contribution is 5.92. The minimum atomic E-state index is 0.0819. The smallest absolute Gasteiger partial charge is 0.274 e. The van der Waals surface area contributed by atoms with Gasteiger partial charge in [-0.15, -0.1) is 0 Å². The zero-order chi connectivity index (χ0) is 20.7. The summed E-state index contributed by atoms with van der Waals surface area (Å²) in [5.74, 6) is 2.09. The van der Waals surface area contributed by atoms with Crippen molar-refractivity contribution in [3.63, 3.8) is 0 Å². The van der Waals surface area contributed by atoms with Gasteiger partial charge >= 0.3 is 0 Å². The summed E-state index contributed by atoms with van der Waals surface area (Å²) in [5, 5.41) is 7.15. The molecule has 0 spiro atoms. The number of aromatic nitrogens is 2. The molecule has 3 aliphatic rings. The number of aromatic amines is 1. The fourth-order valence-electron chi connectivity index (χ4n) is 6.08. The predicted molar refractivity (Wildman–Crippen MR) is 116 cm³/mol. The van der Waals surface area contributed by atoms with Gasteiger partial charge in [0.05, 0.1) is 7.11 Å². The Morgan fingerprint density at radius 3 is 2.90 bits per heavy atom. The SMILES string of the molecule is COc1cccc(C[C@H]2[C@H]3C[C@H](CN(C(=O)c4cc(C)[nH]n4)C3)[C@@H]3CCCCN32)c1. The van der Waals surface area contributed by atoms with Crippen LogP contribution in [0.5, 0.6) is 5.75 Å². The van der Waals surface area contributed by atoms with Crippen LogP contribution in [0, 0.1) is 18.8 Å². The number of benzene rings is 1. The van der Waals surface area contributed by atoms with Gasteiger partial charge in [0.25, 0.3) is 5.91 Å². The Hall–Kier alpha value is -2.34. The Morgan fingerprint density at radius 2 is 2.10 bits per heavy atom. The first-order valence-corrected chi connectivity index (χ1v) is 11.3. The second-order valence-electron chi connectivity index (χ2n) is 9.33. The summed E-state index contributed by atoms with van der Waals surface area (Å²) in [6.07, 6.45) is 6.11. The Morgan fingerprint density at radius 1 is 1.23 bits per heavy atom. The number of hydrogen-bond donors (Lipinski definition) is 1. The lowest BCUT2D eigenvalue weighted by Crippen LogP contribution is -2.64. The standard InChI is InChI=1S/C24H32N4O2/c1-16-10-21(26-25-16)24(29)27-14-18-13-19(15-27)23(28-9-4-3-8-22(18)28)12-17-6-5-7-20(11-17)30-2/h5-7,10-11,18-19,22-23H,3-4,8-9,12-15H2,1-2H3,(H,25,26)/t18-,19+,22+,23+/m1/s1. The van der Waals surface area contributed by atoms with E-state index in [4.69, 9.17) is 4.74 Å². The van der Waals surface area contributed by atoms with Gasteiger partial charge in [-0.1, -0.05) is 18.6 Å². The van der Waals surface area contributed by atoms with Crippen molar-refractivity contribution >= 4 is 5.91 Å². The van der Waals surface area contributed by atoms with Crippen LogP contribution in [0.15, 0.2) is 30.3 Å². The number of amides is 1. The highest BCUT2D eigenvalue weighted by Gasteiger charge is 2.48. The molecule has 30 heavy (non-hydrogen) atoms. The largest absolute Gasteiger partial charge is 0.497 e. The van der Waals surface area contributed by atoms with Crippen LogP contribution in [0.1, 0.15) is 47.4 Å². The van der Waals surface area contributed by atoms with E-state index < -0.39 is 0 Å². The molecule has 5 rings (SSSR count). The molecule has 2 bridgehead atoms. The molecule has 3 fully saturated rings. The number of piperidine rings is 3. The molecule has 1 amide bonds. The van der Waals surface area contributed by atoms with E-state index in [9.17, 15) is 4.79 Å². The van der Waals surface area contributed by atoms with Crippen LogP contribution < -0.4 is 4.74 Å². The third-order valence-electron chi connectivity index (χ3n) is 7.41. The molecular weight excluding hydrogens is 376 g/mol. The summed E-state index contributed by atoms with van der Waals surface area (Å²) in [4.78, 5) is 18.0. The first kappa shape index (κ1) is 19.6. The zero-order valence-electron chi connectivity index (χ0n) is 18.0. The zero-order valence-corrected chi connectivity index (χ0v) is 18.0. The second kappa shape index (κ2) is 8.06. The lowest BCUT2D eigenvalue weighted by molar-refractivity contribution is -0.0643. The van der Waals surface area contributed by atoms with E-state index in [2.05, 4.69) is 38.2 Å². The summed E-state index contributed by atoms with van der Waals surface area (Å²) in [5.41, 5.74) is 2.82. The third-order valence-corrected chi connectivity index (χ3v) is 7.41. The number of carbonyl (C=O) groups excluding carboxylic acids is 1. The van der Waals surface area contributed by atoms with Crippen molar-refractivity contribution in [1.82, 2.24) is 20.0 Å². The highest BCUT2D eigenvalue weighted by Crippen LogP contribution is 2.42. The number of likely N-dealkylation sites (tertiary alicyclic amines) is 1. The number of H-pyrrole nitrogens is 1. The third kappa shape index (κ3) is 3.62. The van der Waals surface area contributed by atoms with Crippen molar-refractivity contribution in [1.29, 1.82) is 0 Å². The van der Waals surface area contributed by atoms with Crippen LogP contribution in [0.3, 0.4) is 0 Å². The number of nitrogens with zero attached hydrogens (tertiary/aromatic N) is 3. The van der Waals surface area contributed by atoms with E-state index >= 15 is 0 Å². The fourth-order valence-corrected chi connectivity index (χ4v) is 6.08. The number of nitrogens with one attached hydrogen (secondary N) is 1. The molecule has 1 N–H and O–H groups in total. The fraction of sp³-hybridized carbons (Fsp3) is 0.583.